The van der Waals surface area contributed by atoms with Crippen LogP contribution in [0.1, 0.15) is 11.1 Å². The fourth-order valence-corrected chi connectivity index (χ4v) is 2.64. The van der Waals surface area contributed by atoms with Crippen LogP contribution in [0.4, 0.5) is 5.69 Å². The lowest BCUT2D eigenvalue weighted by molar-refractivity contribution is -0.136. The third-order valence-corrected chi connectivity index (χ3v) is 4.25. The highest BCUT2D eigenvalue weighted by molar-refractivity contribution is 6.39. The van der Waals surface area contributed by atoms with Crippen molar-refractivity contribution >= 4 is 35.8 Å². The van der Waals surface area contributed by atoms with Gasteiger partial charge in [-0.25, -0.2) is 10.2 Å². The second-order valence-corrected chi connectivity index (χ2v) is 6.59. The molecule has 8 heteroatoms. The number of para-hydroxylation sites is 2. The van der Waals surface area contributed by atoms with Crippen LogP contribution in [0.2, 0.25) is 0 Å². The van der Waals surface area contributed by atoms with E-state index in [-0.39, 0.29) is 0 Å². The van der Waals surface area contributed by atoms with Crippen molar-refractivity contribution in [3.05, 3.63) is 96.1 Å². The molecule has 0 aromatic heterocycles. The van der Waals surface area contributed by atoms with Crippen molar-refractivity contribution in [2.75, 3.05) is 12.4 Å². The molecule has 2 amide bonds. The molecule has 2 N–H and O–H groups in total. The summed E-state index contributed by atoms with van der Waals surface area (Å²) < 4.78 is 10.4. The molecule has 3 rings (SSSR count). The normalized spacial score (nSPS) is 10.7. The Hall–Kier alpha value is -4.72. The standard InChI is InChI=1S/C25H21N3O5/c1-32-22-10-6-5-9-21(22)27-24(30)25(31)28-26-17-19-11-14-20(15-12-19)33-23(29)16-13-18-7-3-2-4-8-18/h2-17H,1H3,(H,27,30)(H,28,31)/b16-13+,26-17+. The van der Waals surface area contributed by atoms with Crippen LogP contribution >= 0.6 is 0 Å². The van der Waals surface area contributed by atoms with Gasteiger partial charge in [0, 0.05) is 6.08 Å². The Morgan fingerprint density at radius 2 is 1.52 bits per heavy atom. The number of nitrogens with zero attached hydrogens (tertiary/aromatic N) is 1. The molecule has 0 bridgehead atoms. The van der Waals surface area contributed by atoms with Crippen molar-refractivity contribution in [3.8, 4) is 11.5 Å². The van der Waals surface area contributed by atoms with Gasteiger partial charge in [0.25, 0.3) is 0 Å². The monoisotopic (exact) mass is 443 g/mol. The number of hydrazone groups is 1. The minimum absolute atomic E-state index is 0.357. The molecule has 0 aliphatic rings. The highest BCUT2D eigenvalue weighted by Gasteiger charge is 2.14. The molecule has 8 nitrogen and oxygen atoms in total. The summed E-state index contributed by atoms with van der Waals surface area (Å²) in [7, 11) is 1.46. The van der Waals surface area contributed by atoms with E-state index in [0.717, 1.165) is 5.56 Å². The lowest BCUT2D eigenvalue weighted by atomic mass is 10.2. The van der Waals surface area contributed by atoms with Crippen molar-refractivity contribution in [3.63, 3.8) is 0 Å². The van der Waals surface area contributed by atoms with Crippen molar-refractivity contribution in [1.82, 2.24) is 5.43 Å². The average molecular weight is 443 g/mol. The van der Waals surface area contributed by atoms with Gasteiger partial charge in [-0.05, 0) is 53.6 Å². The van der Waals surface area contributed by atoms with Crippen molar-refractivity contribution in [2.45, 2.75) is 0 Å². The van der Waals surface area contributed by atoms with Gasteiger partial charge >= 0.3 is 17.8 Å². The van der Waals surface area contributed by atoms with Gasteiger partial charge in [0.15, 0.2) is 0 Å². The molecule has 33 heavy (non-hydrogen) atoms. The van der Waals surface area contributed by atoms with E-state index < -0.39 is 17.8 Å². The molecule has 166 valence electrons. The lowest BCUT2D eigenvalue weighted by Crippen LogP contribution is -2.32. The highest BCUT2D eigenvalue weighted by Crippen LogP contribution is 2.22. The Balaban J connectivity index is 1.48. The van der Waals surface area contributed by atoms with Crippen molar-refractivity contribution in [2.24, 2.45) is 5.10 Å². The predicted octanol–water partition coefficient (Wildman–Crippen LogP) is 3.40. The number of ether oxygens (including phenoxy) is 2. The van der Waals surface area contributed by atoms with Crippen molar-refractivity contribution in [1.29, 1.82) is 0 Å². The van der Waals surface area contributed by atoms with Crippen LogP contribution in [-0.2, 0) is 14.4 Å². The van der Waals surface area contributed by atoms with Crippen LogP contribution in [0.5, 0.6) is 11.5 Å². The molecular formula is C25H21N3O5. The van der Waals surface area contributed by atoms with Crippen LogP contribution in [0, 0.1) is 0 Å². The summed E-state index contributed by atoms with van der Waals surface area (Å²) in [5.41, 5.74) is 4.03. The van der Waals surface area contributed by atoms with E-state index in [0.29, 0.717) is 22.7 Å². The first kappa shape index (κ1) is 23.0. The minimum atomic E-state index is -0.937. The van der Waals surface area contributed by atoms with E-state index in [9.17, 15) is 14.4 Å². The van der Waals surface area contributed by atoms with E-state index in [4.69, 9.17) is 9.47 Å². The van der Waals surface area contributed by atoms with Gasteiger partial charge in [-0.2, -0.15) is 5.10 Å². The molecule has 0 atom stereocenters. The van der Waals surface area contributed by atoms with Crippen molar-refractivity contribution < 1.29 is 23.9 Å². The maximum absolute atomic E-state index is 12.0. The van der Waals surface area contributed by atoms with Gasteiger partial charge in [0.1, 0.15) is 11.5 Å². The molecule has 0 heterocycles. The molecule has 3 aromatic rings. The fourth-order valence-electron chi connectivity index (χ4n) is 2.64. The molecule has 0 saturated carbocycles. The Morgan fingerprint density at radius 1 is 0.818 bits per heavy atom. The van der Waals surface area contributed by atoms with Gasteiger partial charge in [-0.15, -0.1) is 0 Å². The van der Waals surface area contributed by atoms with E-state index in [1.165, 1.54) is 19.4 Å². The second-order valence-electron chi connectivity index (χ2n) is 6.59. The number of hydrogen-bond donors (Lipinski definition) is 2. The molecule has 0 aliphatic carbocycles. The molecule has 0 unspecified atom stereocenters. The number of methoxy groups -OCH3 is 1. The summed E-state index contributed by atoms with van der Waals surface area (Å²) in [6.07, 6.45) is 4.36. The number of esters is 1. The van der Waals surface area contributed by atoms with E-state index in [1.54, 1.807) is 54.6 Å². The van der Waals surface area contributed by atoms with Gasteiger partial charge in [0.2, 0.25) is 0 Å². The van der Waals surface area contributed by atoms with Gasteiger partial charge in [-0.3, -0.25) is 9.59 Å². The third-order valence-electron chi connectivity index (χ3n) is 4.25. The summed E-state index contributed by atoms with van der Waals surface area (Å²) in [4.78, 5) is 35.9. The SMILES string of the molecule is COc1ccccc1NC(=O)C(=O)N/N=C/c1ccc(OC(=O)/C=C/c2ccccc2)cc1. The Morgan fingerprint density at radius 3 is 2.24 bits per heavy atom. The topological polar surface area (TPSA) is 106 Å². The van der Waals surface area contributed by atoms with Crippen LogP contribution in [-0.4, -0.2) is 31.1 Å². The Bertz CT molecular complexity index is 1170. The van der Waals surface area contributed by atoms with Gasteiger partial charge in [0.05, 0.1) is 19.0 Å². The van der Waals surface area contributed by atoms with Crippen LogP contribution in [0.25, 0.3) is 6.08 Å². The molecule has 0 aliphatic heterocycles. The molecule has 3 aromatic carbocycles. The Labute approximate surface area is 190 Å². The number of benzene rings is 3. The predicted molar refractivity (Wildman–Crippen MR) is 125 cm³/mol. The average Bonchev–Trinajstić information content (AvgIpc) is 2.84. The smallest absolute Gasteiger partial charge is 0.336 e. The van der Waals surface area contributed by atoms with E-state index in [2.05, 4.69) is 15.8 Å². The third kappa shape index (κ3) is 7.18. The first-order valence-corrected chi connectivity index (χ1v) is 9.87. The lowest BCUT2D eigenvalue weighted by Gasteiger charge is -2.08. The molecule has 0 spiro atoms. The van der Waals surface area contributed by atoms with Crippen LogP contribution in [0.15, 0.2) is 90.0 Å². The summed E-state index contributed by atoms with van der Waals surface area (Å²) in [5.74, 6) is -1.54. The number of carbonyl (C=O) groups excluding carboxylic acids is 3. The quantitative estimate of drug-likeness (QED) is 0.145. The number of nitrogens with one attached hydrogen (secondary N) is 2. The van der Waals surface area contributed by atoms with Crippen LogP contribution in [0.3, 0.4) is 0 Å². The Kier molecular flexibility index (Phi) is 8.08. The number of carbonyl (C=O) groups is 3. The van der Waals surface area contributed by atoms with E-state index >= 15 is 0 Å². The first-order valence-electron chi connectivity index (χ1n) is 9.87. The molecule has 0 fully saturated rings. The molecular weight excluding hydrogens is 422 g/mol. The van der Waals surface area contributed by atoms with Gasteiger partial charge in [-0.1, -0.05) is 42.5 Å². The number of rotatable bonds is 7. The number of anilines is 1. The summed E-state index contributed by atoms with van der Waals surface area (Å²) in [5, 5.41) is 6.22. The highest BCUT2D eigenvalue weighted by atomic mass is 16.5. The second kappa shape index (κ2) is 11.6. The zero-order valence-corrected chi connectivity index (χ0v) is 17.7. The van der Waals surface area contributed by atoms with Crippen LogP contribution < -0.4 is 20.2 Å². The first-order chi connectivity index (χ1) is 16.0. The summed E-state index contributed by atoms with van der Waals surface area (Å²) in [6.45, 7) is 0. The zero-order chi connectivity index (χ0) is 23.5. The molecule has 0 saturated heterocycles. The largest absolute Gasteiger partial charge is 0.495 e. The number of amides is 2. The minimum Gasteiger partial charge on any atom is -0.495 e. The summed E-state index contributed by atoms with van der Waals surface area (Å²) in [6, 6.07) is 22.6. The number of hydrogen-bond acceptors (Lipinski definition) is 6. The fraction of sp³-hybridized carbons (Fsp3) is 0.0400. The van der Waals surface area contributed by atoms with Gasteiger partial charge < -0.3 is 14.8 Å². The maximum atomic E-state index is 12.0. The maximum Gasteiger partial charge on any atom is 0.336 e. The summed E-state index contributed by atoms with van der Waals surface area (Å²) >= 11 is 0. The zero-order valence-electron chi connectivity index (χ0n) is 17.7. The molecule has 0 radical (unpaired) electrons. The van der Waals surface area contributed by atoms with E-state index in [1.807, 2.05) is 30.3 Å².